The van der Waals surface area contributed by atoms with Crippen molar-refractivity contribution in [2.45, 2.75) is 45.8 Å². The third-order valence-electron chi connectivity index (χ3n) is 6.44. The molecule has 0 fully saturated rings. The number of nitrogens with zero attached hydrogens (tertiary/aromatic N) is 3. The van der Waals surface area contributed by atoms with Crippen LogP contribution in [-0.4, -0.2) is 37.2 Å². The molecule has 11 heteroatoms. The number of anilines is 2. The highest BCUT2D eigenvalue weighted by Crippen LogP contribution is 2.39. The van der Waals surface area contributed by atoms with E-state index in [1.165, 1.54) is 30.3 Å². The van der Waals surface area contributed by atoms with E-state index in [1.54, 1.807) is 15.6 Å². The van der Waals surface area contributed by atoms with Crippen molar-refractivity contribution in [3.8, 4) is 28.5 Å². The average Bonchev–Trinajstić information content (AvgIpc) is 3.47. The maximum Gasteiger partial charge on any atom is 0.573 e. The minimum Gasteiger partial charge on any atom is -0.508 e. The molecule has 1 aliphatic heterocycles. The van der Waals surface area contributed by atoms with Crippen molar-refractivity contribution in [1.29, 1.82) is 0 Å². The molecule has 3 N–H and O–H groups in total. The number of benzene rings is 3. The van der Waals surface area contributed by atoms with Gasteiger partial charge in [-0.05, 0) is 44.0 Å². The Labute approximate surface area is 228 Å². The number of amides is 1. The second-order valence-corrected chi connectivity index (χ2v) is 10.5. The van der Waals surface area contributed by atoms with Gasteiger partial charge in [0.1, 0.15) is 28.6 Å². The minimum atomic E-state index is -4.90. The molecule has 40 heavy (non-hydrogen) atoms. The molecule has 0 atom stereocenters. The van der Waals surface area contributed by atoms with Crippen molar-refractivity contribution < 1.29 is 32.9 Å². The van der Waals surface area contributed by atoms with E-state index in [1.807, 2.05) is 45.0 Å². The maximum atomic E-state index is 13.6. The van der Waals surface area contributed by atoms with E-state index in [0.717, 1.165) is 17.2 Å². The first-order valence-corrected chi connectivity index (χ1v) is 12.4. The number of carbonyl (C=O) groups is 1. The fourth-order valence-electron chi connectivity index (χ4n) is 4.71. The Balaban J connectivity index is 1.55. The van der Waals surface area contributed by atoms with Gasteiger partial charge >= 0.3 is 6.36 Å². The molecule has 0 spiro atoms. The number of ether oxygens (including phenoxy) is 1. The fraction of sp³-hybridized carbons (Fsp3) is 0.241. The molecule has 1 aliphatic rings. The summed E-state index contributed by atoms with van der Waals surface area (Å²) >= 11 is 0. The highest BCUT2D eigenvalue weighted by molar-refractivity contribution is 6.03. The molecule has 208 valence electrons. The van der Waals surface area contributed by atoms with Crippen molar-refractivity contribution in [1.82, 2.24) is 14.7 Å². The van der Waals surface area contributed by atoms with Crippen LogP contribution in [0.4, 0.5) is 24.7 Å². The Morgan fingerprint density at radius 3 is 2.20 bits per heavy atom. The number of phenols is 2. The lowest BCUT2D eigenvalue weighted by molar-refractivity contribution is -0.274. The summed E-state index contributed by atoms with van der Waals surface area (Å²) in [4.78, 5) is 15.2. The molecule has 8 nitrogen and oxygen atoms in total. The summed E-state index contributed by atoms with van der Waals surface area (Å²) in [6.45, 7) is 6.26. The second kappa shape index (κ2) is 9.82. The van der Waals surface area contributed by atoms with Gasteiger partial charge in [0.2, 0.25) is 0 Å². The first-order chi connectivity index (χ1) is 18.8. The molecular weight excluding hydrogens is 525 g/mol. The molecule has 1 amide bonds. The van der Waals surface area contributed by atoms with Crippen LogP contribution < -0.4 is 10.1 Å². The summed E-state index contributed by atoms with van der Waals surface area (Å²) in [5.41, 5.74) is 1.68. The van der Waals surface area contributed by atoms with Crippen LogP contribution in [-0.2, 0) is 18.6 Å². The summed E-state index contributed by atoms with van der Waals surface area (Å²) < 4.78 is 45.0. The lowest BCUT2D eigenvalue weighted by Crippen LogP contribution is -2.27. The number of para-hydroxylation sites is 1. The normalized spacial score (nSPS) is 13.3. The number of nitrogens with one attached hydrogen (secondary N) is 1. The molecule has 0 saturated heterocycles. The lowest BCUT2D eigenvalue weighted by atomic mass is 10.1. The van der Waals surface area contributed by atoms with Crippen molar-refractivity contribution >= 4 is 17.4 Å². The first-order valence-electron chi connectivity index (χ1n) is 12.4. The predicted octanol–water partition coefficient (Wildman–Crippen LogP) is 6.51. The zero-order valence-electron chi connectivity index (χ0n) is 22.0. The molecule has 0 unspecified atom stereocenters. The second-order valence-electron chi connectivity index (χ2n) is 10.5. The Bertz CT molecular complexity index is 1570. The third-order valence-corrected chi connectivity index (χ3v) is 6.44. The van der Waals surface area contributed by atoms with Crippen molar-refractivity contribution in [2.75, 3.05) is 5.32 Å². The van der Waals surface area contributed by atoms with Crippen LogP contribution in [0.2, 0.25) is 0 Å². The highest BCUT2D eigenvalue weighted by atomic mass is 19.4. The number of alkyl halides is 3. The minimum absolute atomic E-state index is 0.0605. The highest BCUT2D eigenvalue weighted by Gasteiger charge is 2.33. The zero-order chi connectivity index (χ0) is 28.8. The van der Waals surface area contributed by atoms with Gasteiger partial charge in [-0.15, -0.1) is 13.2 Å². The van der Waals surface area contributed by atoms with Crippen LogP contribution >= 0.6 is 0 Å². The number of halogens is 3. The summed E-state index contributed by atoms with van der Waals surface area (Å²) in [5, 5.41) is 28.7. The van der Waals surface area contributed by atoms with E-state index in [4.69, 9.17) is 0 Å². The number of aromatic hydroxyl groups is 2. The van der Waals surface area contributed by atoms with Gasteiger partial charge in [-0.1, -0.05) is 36.4 Å². The maximum absolute atomic E-state index is 13.6. The van der Waals surface area contributed by atoms with Gasteiger partial charge in [0.15, 0.2) is 0 Å². The average molecular weight is 553 g/mol. The number of fused-ring (bicyclic) bond motifs is 1. The van der Waals surface area contributed by atoms with Crippen LogP contribution in [0.15, 0.2) is 66.7 Å². The molecule has 1 aromatic heterocycles. The quantitative estimate of drug-likeness (QED) is 0.261. The zero-order valence-corrected chi connectivity index (χ0v) is 22.0. The smallest absolute Gasteiger partial charge is 0.508 e. The number of hydrogen-bond acceptors (Lipinski definition) is 6. The van der Waals surface area contributed by atoms with Crippen molar-refractivity contribution in [2.24, 2.45) is 0 Å². The molecule has 2 heterocycles. The van der Waals surface area contributed by atoms with Crippen molar-refractivity contribution in [3.05, 3.63) is 83.4 Å². The standard InChI is InChI=1S/C29H27F3N4O4/c1-28(2,3)36-25(14-21(34-36)20-10-6-7-11-24(20)40-29(30,31)32)33-22-12-19(37)13-23(38)26(22)27(39)35-15-17-8-4-5-9-18(17)16-35/h4-14,33,37-38H,15-16H2,1-3H3. The monoisotopic (exact) mass is 552 g/mol. The van der Waals surface area contributed by atoms with Gasteiger partial charge in [0.25, 0.3) is 5.91 Å². The molecule has 0 bridgehead atoms. The number of hydrogen-bond donors (Lipinski definition) is 3. The van der Waals surface area contributed by atoms with Gasteiger partial charge in [-0.2, -0.15) is 5.10 Å². The van der Waals surface area contributed by atoms with Crippen LogP contribution in [0, 0.1) is 0 Å². The van der Waals surface area contributed by atoms with E-state index in [9.17, 15) is 28.2 Å². The number of carbonyl (C=O) groups excluding carboxylic acids is 1. The molecule has 5 rings (SSSR count). The molecule has 0 radical (unpaired) electrons. The van der Waals surface area contributed by atoms with Gasteiger partial charge < -0.3 is 25.2 Å². The summed E-state index contributed by atoms with van der Waals surface area (Å²) in [6.07, 6.45) is -4.90. The fourth-order valence-corrected chi connectivity index (χ4v) is 4.71. The number of aromatic nitrogens is 2. The number of rotatable bonds is 5. The van der Waals surface area contributed by atoms with Crippen LogP contribution in [0.25, 0.3) is 11.3 Å². The predicted molar refractivity (Wildman–Crippen MR) is 142 cm³/mol. The topological polar surface area (TPSA) is 99.9 Å². The van der Waals surface area contributed by atoms with Crippen LogP contribution in [0.1, 0.15) is 42.3 Å². The van der Waals surface area contributed by atoms with Crippen LogP contribution in [0.3, 0.4) is 0 Å². The molecule has 0 saturated carbocycles. The van der Waals surface area contributed by atoms with Crippen LogP contribution in [0.5, 0.6) is 17.2 Å². The van der Waals surface area contributed by atoms with Gasteiger partial charge in [-0.3, -0.25) is 4.79 Å². The van der Waals surface area contributed by atoms with E-state index < -0.39 is 29.3 Å². The van der Waals surface area contributed by atoms with E-state index in [2.05, 4.69) is 15.2 Å². The molecule has 0 aliphatic carbocycles. The molecule has 4 aromatic rings. The van der Waals surface area contributed by atoms with Gasteiger partial charge in [0.05, 0.1) is 16.9 Å². The lowest BCUT2D eigenvalue weighted by Gasteiger charge is -2.24. The first kappa shape index (κ1) is 26.9. The Morgan fingerprint density at radius 1 is 0.950 bits per heavy atom. The Kier molecular flexibility index (Phi) is 6.61. The summed E-state index contributed by atoms with van der Waals surface area (Å²) in [7, 11) is 0. The van der Waals surface area contributed by atoms with E-state index in [0.29, 0.717) is 18.9 Å². The van der Waals surface area contributed by atoms with Gasteiger partial charge in [-0.25, -0.2) is 4.68 Å². The molecule has 3 aromatic carbocycles. The van der Waals surface area contributed by atoms with E-state index in [-0.39, 0.29) is 28.3 Å². The largest absolute Gasteiger partial charge is 0.573 e. The summed E-state index contributed by atoms with van der Waals surface area (Å²) in [5.74, 6) is -1.27. The van der Waals surface area contributed by atoms with Gasteiger partial charge in [0, 0.05) is 36.9 Å². The Hall–Kier alpha value is -4.67. The van der Waals surface area contributed by atoms with E-state index >= 15 is 0 Å². The number of phenolic OH excluding ortho intramolecular Hbond substituents is 2. The van der Waals surface area contributed by atoms with Crippen molar-refractivity contribution in [3.63, 3.8) is 0 Å². The molecular formula is C29H27F3N4O4. The Morgan fingerprint density at radius 2 is 1.57 bits per heavy atom. The summed E-state index contributed by atoms with van der Waals surface area (Å²) in [6, 6.07) is 17.2. The SMILES string of the molecule is CC(C)(C)n1nc(-c2ccccc2OC(F)(F)F)cc1Nc1cc(O)cc(O)c1C(=O)N1Cc2ccccc2C1. The third kappa shape index (κ3) is 5.40.